The number of aromatic nitrogens is 2. The first-order valence-electron chi connectivity index (χ1n) is 6.54. The molecule has 1 heterocycles. The van der Waals surface area contributed by atoms with Crippen LogP contribution in [0.3, 0.4) is 0 Å². The van der Waals surface area contributed by atoms with Gasteiger partial charge in [-0.1, -0.05) is 6.07 Å². The lowest BCUT2D eigenvalue weighted by molar-refractivity contribution is 0.170. The minimum Gasteiger partial charge on any atom is -0.325 e. The Kier molecular flexibility index (Phi) is 3.88. The summed E-state index contributed by atoms with van der Waals surface area (Å²) in [6, 6.07) is 6.35. The van der Waals surface area contributed by atoms with Crippen LogP contribution in [0.1, 0.15) is 25.2 Å². The van der Waals surface area contributed by atoms with E-state index in [4.69, 9.17) is 11.6 Å². The summed E-state index contributed by atoms with van der Waals surface area (Å²) < 4.78 is 2.25. The number of aryl methyl sites for hydroxylation is 1. The highest BCUT2D eigenvalue weighted by Crippen LogP contribution is 2.23. The Hall–Kier alpha value is -1.06. The van der Waals surface area contributed by atoms with E-state index in [2.05, 4.69) is 67.5 Å². The molecule has 3 nitrogen and oxygen atoms in total. The van der Waals surface area contributed by atoms with E-state index in [1.807, 2.05) is 0 Å². The van der Waals surface area contributed by atoms with Gasteiger partial charge in [0.05, 0.1) is 16.9 Å². The molecular weight excluding hydrogens is 258 g/mol. The predicted molar refractivity (Wildman–Crippen MR) is 81.8 cm³/mol. The van der Waals surface area contributed by atoms with Gasteiger partial charge in [-0.3, -0.25) is 0 Å². The molecule has 2 aromatic rings. The van der Waals surface area contributed by atoms with Crippen LogP contribution in [0, 0.1) is 6.92 Å². The van der Waals surface area contributed by atoms with Crippen LogP contribution >= 0.6 is 11.6 Å². The molecular formula is C15H22ClN3. The SMILES string of the molecule is Cc1ccc2nc(CCl)n(CC(C)(C)N(C)C)c2c1. The van der Waals surface area contributed by atoms with Crippen molar-refractivity contribution in [2.45, 2.75) is 38.7 Å². The summed E-state index contributed by atoms with van der Waals surface area (Å²) in [7, 11) is 4.20. The average Bonchev–Trinajstić information content (AvgIpc) is 2.66. The van der Waals surface area contributed by atoms with Crippen molar-refractivity contribution in [3.8, 4) is 0 Å². The number of alkyl halides is 1. The average molecular weight is 280 g/mol. The topological polar surface area (TPSA) is 21.1 Å². The third-order valence-electron chi connectivity index (χ3n) is 3.86. The fourth-order valence-corrected chi connectivity index (χ4v) is 2.29. The van der Waals surface area contributed by atoms with Gasteiger partial charge in [0.25, 0.3) is 0 Å². The molecule has 0 N–H and O–H groups in total. The van der Waals surface area contributed by atoms with Crippen molar-refractivity contribution in [3.05, 3.63) is 29.6 Å². The number of hydrogen-bond donors (Lipinski definition) is 0. The van der Waals surface area contributed by atoms with Crippen LogP contribution in [0.2, 0.25) is 0 Å². The van der Waals surface area contributed by atoms with Crippen LogP contribution in [-0.4, -0.2) is 34.1 Å². The molecule has 0 amide bonds. The molecule has 0 unspecified atom stereocenters. The van der Waals surface area contributed by atoms with Gasteiger partial charge in [-0.2, -0.15) is 0 Å². The first-order chi connectivity index (χ1) is 8.85. The fourth-order valence-electron chi connectivity index (χ4n) is 2.09. The molecule has 0 aliphatic heterocycles. The van der Waals surface area contributed by atoms with Gasteiger partial charge in [-0.05, 0) is 52.6 Å². The molecule has 2 rings (SSSR count). The lowest BCUT2D eigenvalue weighted by Crippen LogP contribution is -2.42. The third kappa shape index (κ3) is 2.77. The lowest BCUT2D eigenvalue weighted by Gasteiger charge is -2.33. The quantitative estimate of drug-likeness (QED) is 0.800. The van der Waals surface area contributed by atoms with E-state index >= 15 is 0 Å². The van der Waals surface area contributed by atoms with Crippen molar-refractivity contribution in [2.24, 2.45) is 0 Å². The molecule has 1 aromatic heterocycles. The maximum atomic E-state index is 6.05. The van der Waals surface area contributed by atoms with Crippen LogP contribution in [-0.2, 0) is 12.4 Å². The fraction of sp³-hybridized carbons (Fsp3) is 0.533. The molecule has 104 valence electrons. The normalized spacial score (nSPS) is 12.6. The van der Waals surface area contributed by atoms with Crippen molar-refractivity contribution < 1.29 is 0 Å². The first-order valence-corrected chi connectivity index (χ1v) is 7.08. The minimum absolute atomic E-state index is 0.0538. The summed E-state index contributed by atoms with van der Waals surface area (Å²) >= 11 is 6.05. The standard InChI is InChI=1S/C15H22ClN3/c1-11-6-7-12-13(8-11)19(14(9-16)17-12)10-15(2,3)18(4)5/h6-8H,9-10H2,1-5H3. The molecule has 0 saturated heterocycles. The Morgan fingerprint density at radius 1 is 1.32 bits per heavy atom. The Labute approximate surface area is 120 Å². The van der Waals surface area contributed by atoms with Gasteiger partial charge in [0, 0.05) is 12.1 Å². The van der Waals surface area contributed by atoms with Crippen molar-refractivity contribution in [3.63, 3.8) is 0 Å². The second-order valence-electron chi connectivity index (χ2n) is 5.95. The zero-order valence-electron chi connectivity index (χ0n) is 12.4. The van der Waals surface area contributed by atoms with E-state index < -0.39 is 0 Å². The second kappa shape index (κ2) is 5.14. The summed E-state index contributed by atoms with van der Waals surface area (Å²) in [4.78, 5) is 6.86. The van der Waals surface area contributed by atoms with E-state index in [0.717, 1.165) is 17.9 Å². The third-order valence-corrected chi connectivity index (χ3v) is 4.10. The Bertz CT molecular complexity index is 584. The summed E-state index contributed by atoms with van der Waals surface area (Å²) in [6.45, 7) is 7.44. The van der Waals surface area contributed by atoms with Crippen molar-refractivity contribution >= 4 is 22.6 Å². The number of benzene rings is 1. The van der Waals surface area contributed by atoms with Gasteiger partial charge in [-0.25, -0.2) is 4.98 Å². The summed E-state index contributed by atoms with van der Waals surface area (Å²) in [5, 5.41) is 0. The van der Waals surface area contributed by atoms with Crippen molar-refractivity contribution in [2.75, 3.05) is 14.1 Å². The zero-order chi connectivity index (χ0) is 14.2. The molecule has 1 aromatic carbocycles. The van der Waals surface area contributed by atoms with Crippen LogP contribution < -0.4 is 0 Å². The number of hydrogen-bond acceptors (Lipinski definition) is 2. The number of imidazole rings is 1. The number of rotatable bonds is 4. The number of likely N-dealkylation sites (N-methyl/N-ethyl adjacent to an activating group) is 1. The van der Waals surface area contributed by atoms with Gasteiger partial charge >= 0.3 is 0 Å². The summed E-state index contributed by atoms with van der Waals surface area (Å²) in [5.41, 5.74) is 3.50. The molecule has 0 bridgehead atoms. The van der Waals surface area contributed by atoms with Gasteiger partial charge in [0.1, 0.15) is 5.82 Å². The van der Waals surface area contributed by atoms with Crippen LogP contribution in [0.5, 0.6) is 0 Å². The van der Waals surface area contributed by atoms with E-state index in [1.165, 1.54) is 11.1 Å². The first kappa shape index (κ1) is 14.4. The van der Waals surface area contributed by atoms with Crippen molar-refractivity contribution in [1.82, 2.24) is 14.5 Å². The molecule has 0 saturated carbocycles. The van der Waals surface area contributed by atoms with E-state index in [0.29, 0.717) is 5.88 Å². The maximum Gasteiger partial charge on any atom is 0.124 e. The number of fused-ring (bicyclic) bond motifs is 1. The molecule has 0 atom stereocenters. The highest BCUT2D eigenvalue weighted by molar-refractivity contribution is 6.16. The molecule has 0 aliphatic rings. The molecule has 0 radical (unpaired) electrons. The highest BCUT2D eigenvalue weighted by atomic mass is 35.5. The maximum absolute atomic E-state index is 6.05. The van der Waals surface area contributed by atoms with Crippen LogP contribution in [0.15, 0.2) is 18.2 Å². The summed E-state index contributed by atoms with van der Waals surface area (Å²) in [6.07, 6.45) is 0. The molecule has 19 heavy (non-hydrogen) atoms. The van der Waals surface area contributed by atoms with E-state index in [9.17, 15) is 0 Å². The van der Waals surface area contributed by atoms with E-state index in [1.54, 1.807) is 0 Å². The largest absolute Gasteiger partial charge is 0.325 e. The Morgan fingerprint density at radius 2 is 2.00 bits per heavy atom. The molecule has 4 heteroatoms. The molecule has 0 spiro atoms. The second-order valence-corrected chi connectivity index (χ2v) is 6.21. The van der Waals surface area contributed by atoms with Crippen LogP contribution in [0.25, 0.3) is 11.0 Å². The van der Waals surface area contributed by atoms with E-state index in [-0.39, 0.29) is 5.54 Å². The number of halogens is 1. The number of nitrogens with zero attached hydrogens (tertiary/aromatic N) is 3. The van der Waals surface area contributed by atoms with Gasteiger partial charge in [0.2, 0.25) is 0 Å². The van der Waals surface area contributed by atoms with Crippen LogP contribution in [0.4, 0.5) is 0 Å². The highest BCUT2D eigenvalue weighted by Gasteiger charge is 2.23. The molecule has 0 fully saturated rings. The zero-order valence-corrected chi connectivity index (χ0v) is 13.1. The predicted octanol–water partition coefficient (Wildman–Crippen LogP) is 3.42. The van der Waals surface area contributed by atoms with Gasteiger partial charge in [-0.15, -0.1) is 11.6 Å². The smallest absolute Gasteiger partial charge is 0.124 e. The minimum atomic E-state index is 0.0538. The van der Waals surface area contributed by atoms with Gasteiger partial charge < -0.3 is 9.47 Å². The van der Waals surface area contributed by atoms with Gasteiger partial charge in [0.15, 0.2) is 0 Å². The Morgan fingerprint density at radius 3 is 2.58 bits per heavy atom. The molecule has 0 aliphatic carbocycles. The monoisotopic (exact) mass is 279 g/mol. The van der Waals surface area contributed by atoms with Crippen molar-refractivity contribution in [1.29, 1.82) is 0 Å². The lowest BCUT2D eigenvalue weighted by atomic mass is 10.0. The Balaban J connectivity index is 2.54. The summed E-state index contributed by atoms with van der Waals surface area (Å²) in [5.74, 6) is 1.38.